The maximum absolute atomic E-state index is 5.61. The van der Waals surface area contributed by atoms with Crippen LogP contribution in [0.5, 0.6) is 17.2 Å². The molecule has 1 fully saturated rings. The summed E-state index contributed by atoms with van der Waals surface area (Å²) in [5.74, 6) is 2.28. The van der Waals surface area contributed by atoms with E-state index < -0.39 is 0 Å². The molecule has 0 atom stereocenters. The Kier molecular flexibility index (Phi) is 6.95. The number of anilines is 1. The minimum absolute atomic E-state index is 0.679. The highest BCUT2D eigenvalue weighted by Crippen LogP contribution is 2.29. The van der Waals surface area contributed by atoms with Crippen molar-refractivity contribution in [3.8, 4) is 17.2 Å². The van der Waals surface area contributed by atoms with Crippen LogP contribution in [0.15, 0.2) is 42.5 Å². The second-order valence-electron chi connectivity index (χ2n) is 6.61. The first-order chi connectivity index (χ1) is 13.6. The van der Waals surface area contributed by atoms with Gasteiger partial charge in [0, 0.05) is 44.5 Å². The van der Waals surface area contributed by atoms with Crippen LogP contribution in [0.25, 0.3) is 0 Å². The van der Waals surface area contributed by atoms with Crippen LogP contribution in [-0.2, 0) is 6.54 Å². The van der Waals surface area contributed by atoms with Crippen molar-refractivity contribution in [3.05, 3.63) is 48.0 Å². The lowest BCUT2D eigenvalue weighted by atomic mass is 10.2. The molecule has 1 aliphatic rings. The van der Waals surface area contributed by atoms with Gasteiger partial charge in [0.25, 0.3) is 0 Å². The molecular weight excluding hydrogens is 374 g/mol. The van der Waals surface area contributed by atoms with Crippen molar-refractivity contribution in [1.82, 2.24) is 9.80 Å². The summed E-state index contributed by atoms with van der Waals surface area (Å²) in [5.41, 5.74) is 2.15. The van der Waals surface area contributed by atoms with Gasteiger partial charge in [-0.25, -0.2) is 0 Å². The zero-order chi connectivity index (χ0) is 19.9. The van der Waals surface area contributed by atoms with Gasteiger partial charge in [-0.05, 0) is 42.0 Å². The van der Waals surface area contributed by atoms with Gasteiger partial charge in [0.05, 0.1) is 21.3 Å². The van der Waals surface area contributed by atoms with Gasteiger partial charge in [-0.15, -0.1) is 0 Å². The second kappa shape index (κ2) is 9.61. The molecule has 28 heavy (non-hydrogen) atoms. The van der Waals surface area contributed by atoms with E-state index in [1.807, 2.05) is 30.3 Å². The summed E-state index contributed by atoms with van der Waals surface area (Å²) < 4.78 is 15.9. The maximum Gasteiger partial charge on any atom is 0.173 e. The molecule has 0 amide bonds. The minimum Gasteiger partial charge on any atom is -0.497 e. The van der Waals surface area contributed by atoms with Gasteiger partial charge in [-0.1, -0.05) is 12.1 Å². The van der Waals surface area contributed by atoms with E-state index in [2.05, 4.69) is 27.2 Å². The molecule has 3 rings (SSSR count). The minimum atomic E-state index is 0.679. The first-order valence-electron chi connectivity index (χ1n) is 9.26. The van der Waals surface area contributed by atoms with Crippen molar-refractivity contribution in [2.45, 2.75) is 6.54 Å². The summed E-state index contributed by atoms with van der Waals surface area (Å²) >= 11 is 5.61. The molecule has 6 nitrogen and oxygen atoms in total. The highest BCUT2D eigenvalue weighted by atomic mass is 32.1. The predicted octanol–water partition coefficient (Wildman–Crippen LogP) is 3.23. The van der Waals surface area contributed by atoms with Crippen LogP contribution >= 0.6 is 12.2 Å². The van der Waals surface area contributed by atoms with Gasteiger partial charge in [-0.3, -0.25) is 4.90 Å². The van der Waals surface area contributed by atoms with E-state index in [4.69, 9.17) is 26.4 Å². The lowest BCUT2D eigenvalue weighted by Crippen LogP contribution is -2.49. The first-order valence-corrected chi connectivity index (χ1v) is 9.67. The maximum atomic E-state index is 5.61. The number of piperazine rings is 1. The molecule has 0 radical (unpaired) electrons. The monoisotopic (exact) mass is 401 g/mol. The zero-order valence-corrected chi connectivity index (χ0v) is 17.4. The van der Waals surface area contributed by atoms with E-state index in [-0.39, 0.29) is 0 Å². The molecule has 1 heterocycles. The highest BCUT2D eigenvalue weighted by Gasteiger charge is 2.19. The van der Waals surface area contributed by atoms with Crippen molar-refractivity contribution in [1.29, 1.82) is 0 Å². The number of ether oxygens (including phenoxy) is 3. The summed E-state index contributed by atoms with van der Waals surface area (Å²) in [6.45, 7) is 4.63. The van der Waals surface area contributed by atoms with E-state index in [1.165, 1.54) is 5.56 Å². The molecule has 0 unspecified atom stereocenters. The van der Waals surface area contributed by atoms with Gasteiger partial charge in [-0.2, -0.15) is 0 Å². The van der Waals surface area contributed by atoms with Crippen LogP contribution in [0.1, 0.15) is 5.56 Å². The molecule has 0 aromatic heterocycles. The molecule has 1 aliphatic heterocycles. The molecule has 0 spiro atoms. The lowest BCUT2D eigenvalue weighted by molar-refractivity contribution is 0.177. The summed E-state index contributed by atoms with van der Waals surface area (Å²) in [4.78, 5) is 4.64. The van der Waals surface area contributed by atoms with E-state index in [0.717, 1.165) is 49.3 Å². The molecule has 150 valence electrons. The number of benzene rings is 2. The van der Waals surface area contributed by atoms with Crippen LogP contribution in [0.4, 0.5) is 5.69 Å². The Bertz CT molecular complexity index is 807. The molecular formula is C21H27N3O3S. The predicted molar refractivity (Wildman–Crippen MR) is 116 cm³/mol. The third-order valence-electron chi connectivity index (χ3n) is 4.83. The van der Waals surface area contributed by atoms with E-state index in [9.17, 15) is 0 Å². The molecule has 2 aromatic carbocycles. The number of methoxy groups -OCH3 is 3. The van der Waals surface area contributed by atoms with E-state index in [0.29, 0.717) is 11.5 Å². The summed E-state index contributed by atoms with van der Waals surface area (Å²) in [6.07, 6.45) is 0. The van der Waals surface area contributed by atoms with Gasteiger partial charge in [0.2, 0.25) is 0 Å². The van der Waals surface area contributed by atoms with Crippen molar-refractivity contribution in [2.24, 2.45) is 0 Å². The normalized spacial score (nSPS) is 14.5. The fourth-order valence-corrected chi connectivity index (χ4v) is 3.56. The molecule has 1 saturated heterocycles. The largest absolute Gasteiger partial charge is 0.497 e. The Hall–Kier alpha value is -2.51. The quantitative estimate of drug-likeness (QED) is 0.746. The number of thiocarbonyl (C=S) groups is 1. The summed E-state index contributed by atoms with van der Waals surface area (Å²) in [5, 5.41) is 4.03. The van der Waals surface area contributed by atoms with E-state index >= 15 is 0 Å². The van der Waals surface area contributed by atoms with Gasteiger partial charge in [0.15, 0.2) is 16.6 Å². The number of hydrogen-bond acceptors (Lipinski definition) is 5. The Labute approximate surface area is 172 Å². The number of nitrogens with one attached hydrogen (secondary N) is 1. The fourth-order valence-electron chi connectivity index (χ4n) is 3.25. The van der Waals surface area contributed by atoms with Gasteiger partial charge < -0.3 is 24.4 Å². The Morgan fingerprint density at radius 1 is 0.929 bits per heavy atom. The van der Waals surface area contributed by atoms with Gasteiger partial charge >= 0.3 is 0 Å². The molecule has 2 aromatic rings. The third-order valence-corrected chi connectivity index (χ3v) is 5.19. The second-order valence-corrected chi connectivity index (χ2v) is 7.00. The Morgan fingerprint density at radius 2 is 1.68 bits per heavy atom. The van der Waals surface area contributed by atoms with Crippen molar-refractivity contribution >= 4 is 23.0 Å². The van der Waals surface area contributed by atoms with Crippen LogP contribution < -0.4 is 19.5 Å². The Balaban J connectivity index is 1.52. The molecule has 0 saturated carbocycles. The number of nitrogens with zero attached hydrogens (tertiary/aromatic N) is 2. The summed E-state index contributed by atoms with van der Waals surface area (Å²) in [7, 11) is 4.95. The van der Waals surface area contributed by atoms with Crippen LogP contribution in [0, 0.1) is 0 Å². The fraction of sp³-hybridized carbons (Fsp3) is 0.381. The van der Waals surface area contributed by atoms with E-state index in [1.54, 1.807) is 21.3 Å². The SMILES string of the molecule is COc1cccc(CN2CCN(C(=S)Nc3ccc(OC)c(OC)c3)CC2)c1. The van der Waals surface area contributed by atoms with Crippen molar-refractivity contribution in [2.75, 3.05) is 52.8 Å². The van der Waals surface area contributed by atoms with Crippen LogP contribution in [-0.4, -0.2) is 62.4 Å². The average molecular weight is 402 g/mol. The molecule has 7 heteroatoms. The molecule has 0 aliphatic carbocycles. The first kappa shape index (κ1) is 20.2. The van der Waals surface area contributed by atoms with Crippen molar-refractivity contribution in [3.63, 3.8) is 0 Å². The lowest BCUT2D eigenvalue weighted by Gasteiger charge is -2.36. The third kappa shape index (κ3) is 5.05. The average Bonchev–Trinajstić information content (AvgIpc) is 2.74. The number of rotatable bonds is 6. The highest BCUT2D eigenvalue weighted by molar-refractivity contribution is 7.80. The smallest absolute Gasteiger partial charge is 0.173 e. The Morgan fingerprint density at radius 3 is 2.36 bits per heavy atom. The van der Waals surface area contributed by atoms with Gasteiger partial charge in [0.1, 0.15) is 5.75 Å². The van der Waals surface area contributed by atoms with Crippen LogP contribution in [0.3, 0.4) is 0 Å². The molecule has 1 N–H and O–H groups in total. The molecule has 0 bridgehead atoms. The topological polar surface area (TPSA) is 46.2 Å². The van der Waals surface area contributed by atoms with Crippen LogP contribution in [0.2, 0.25) is 0 Å². The zero-order valence-electron chi connectivity index (χ0n) is 16.6. The standard InChI is InChI=1S/C21H27N3O3S/c1-25-18-6-4-5-16(13-18)15-23-9-11-24(12-10-23)21(28)22-17-7-8-19(26-2)20(14-17)27-3/h4-8,13-14H,9-12,15H2,1-3H3,(H,22,28). The van der Waals surface area contributed by atoms with Crippen molar-refractivity contribution < 1.29 is 14.2 Å². The summed E-state index contributed by atoms with van der Waals surface area (Å²) in [6, 6.07) is 13.9. The number of hydrogen-bond donors (Lipinski definition) is 1.